The summed E-state index contributed by atoms with van der Waals surface area (Å²) in [6.45, 7) is 0. The Morgan fingerprint density at radius 1 is 0.846 bits per heavy atom. The van der Waals surface area contributed by atoms with Crippen LogP contribution in [0.3, 0.4) is 0 Å². The van der Waals surface area contributed by atoms with E-state index in [4.69, 9.17) is 23.2 Å². The first-order chi connectivity index (χ1) is 25.3. The van der Waals surface area contributed by atoms with Gasteiger partial charge >= 0.3 is 0 Å². The fraction of sp³-hybridized carbons (Fsp3) is 0.395. The third-order valence-corrected chi connectivity index (χ3v) is 12.9. The average Bonchev–Trinajstić information content (AvgIpc) is 3.59. The molecular weight excluding hydrogens is 696 g/mol. The number of carbonyl (C=O) groups excluding carboxylic acids is 2. The number of aliphatic hydroxyl groups excluding tert-OH is 1. The number of carbonyl (C=O) groups is 2. The molecule has 9 heteroatoms. The summed E-state index contributed by atoms with van der Waals surface area (Å²) in [7, 11) is 0. The summed E-state index contributed by atoms with van der Waals surface area (Å²) in [5.41, 5.74) is 0.466. The molecular formula is C43H44Cl2FN3O3. The van der Waals surface area contributed by atoms with E-state index in [1.165, 1.54) is 6.07 Å². The highest BCUT2D eigenvalue weighted by molar-refractivity contribution is 6.31. The van der Waals surface area contributed by atoms with Gasteiger partial charge in [-0.25, -0.2) is 4.39 Å². The largest absolute Gasteiger partial charge is 0.386 e. The van der Waals surface area contributed by atoms with E-state index in [9.17, 15) is 5.11 Å². The number of nitrogens with one attached hydrogen (secondary N) is 2. The first-order valence-electron chi connectivity index (χ1n) is 18.7. The molecule has 0 unspecified atom stereocenters. The van der Waals surface area contributed by atoms with E-state index in [0.29, 0.717) is 34.7 Å². The van der Waals surface area contributed by atoms with Crippen LogP contribution in [0.5, 0.6) is 0 Å². The lowest BCUT2D eigenvalue weighted by Crippen LogP contribution is -2.63. The van der Waals surface area contributed by atoms with Gasteiger partial charge in [0.25, 0.3) is 0 Å². The van der Waals surface area contributed by atoms with Gasteiger partial charge in [-0.2, -0.15) is 0 Å². The Bertz CT molecular complexity index is 1950. The number of halogens is 3. The lowest BCUT2D eigenvalue weighted by atomic mass is 9.55. The first kappa shape index (κ1) is 35.3. The van der Waals surface area contributed by atoms with Crippen molar-refractivity contribution in [2.45, 2.75) is 105 Å². The maximum Gasteiger partial charge on any atom is 0.238 e. The van der Waals surface area contributed by atoms with Gasteiger partial charge in [-0.3, -0.25) is 14.5 Å². The summed E-state index contributed by atoms with van der Waals surface area (Å²) >= 11 is 13.1. The van der Waals surface area contributed by atoms with Gasteiger partial charge in [-0.05, 0) is 66.1 Å². The standard InChI is InChI=1S/C43H44Cl2FN3O3/c44-29-22-23-32-34(26-29)48-41(52)43(32)35(31-20-13-21-33(45)36(31)46)38(40(51)47-30-18-9-3-10-19-30)49(42(43)24-11-4-12-25-42)37(27-14-5-1-6-15-27)39(50)28-16-7-2-8-17-28/h1-2,5-8,13-17,20-23,26,30,35,37-39,50H,3-4,9-12,18-19,24-25H2,(H,47,51)(H,48,52)/t35-,37+,38+,39-,43+/m0/s1. The zero-order valence-electron chi connectivity index (χ0n) is 29.0. The van der Waals surface area contributed by atoms with Crippen LogP contribution in [0.2, 0.25) is 10.0 Å². The molecule has 3 N–H and O–H groups in total. The van der Waals surface area contributed by atoms with E-state index in [1.807, 2.05) is 66.7 Å². The van der Waals surface area contributed by atoms with Gasteiger partial charge in [0.1, 0.15) is 11.2 Å². The number of benzene rings is 4. The fourth-order valence-corrected chi connectivity index (χ4v) is 10.8. The molecule has 2 aliphatic carbocycles. The minimum absolute atomic E-state index is 0.0514. The number of anilines is 1. The molecule has 2 spiro atoms. The van der Waals surface area contributed by atoms with Crippen LogP contribution in [-0.2, 0) is 15.0 Å². The monoisotopic (exact) mass is 739 g/mol. The van der Waals surface area contributed by atoms with Crippen LogP contribution in [-0.4, -0.2) is 39.4 Å². The zero-order chi connectivity index (χ0) is 36.0. The molecule has 270 valence electrons. The molecule has 52 heavy (non-hydrogen) atoms. The second kappa shape index (κ2) is 14.2. The second-order valence-electron chi connectivity index (χ2n) is 15.1. The Morgan fingerprint density at radius 2 is 1.50 bits per heavy atom. The lowest BCUT2D eigenvalue weighted by molar-refractivity contribution is -0.135. The van der Waals surface area contributed by atoms with Crippen molar-refractivity contribution in [2.75, 3.05) is 5.32 Å². The van der Waals surface area contributed by atoms with Crippen LogP contribution in [0.1, 0.15) is 105 Å². The van der Waals surface area contributed by atoms with Gasteiger partial charge in [0, 0.05) is 28.2 Å². The number of hydrogen-bond acceptors (Lipinski definition) is 4. The highest BCUT2D eigenvalue weighted by Crippen LogP contribution is 2.69. The maximum absolute atomic E-state index is 16.9. The molecule has 2 saturated carbocycles. The van der Waals surface area contributed by atoms with E-state index in [-0.39, 0.29) is 28.4 Å². The van der Waals surface area contributed by atoms with Crippen molar-refractivity contribution in [1.82, 2.24) is 10.2 Å². The molecule has 0 aromatic heterocycles. The number of hydrogen-bond donors (Lipinski definition) is 3. The van der Waals surface area contributed by atoms with E-state index < -0.39 is 40.9 Å². The quantitative estimate of drug-likeness (QED) is 0.177. The van der Waals surface area contributed by atoms with Crippen molar-refractivity contribution in [3.05, 3.63) is 135 Å². The van der Waals surface area contributed by atoms with Crippen LogP contribution in [0.4, 0.5) is 10.1 Å². The summed E-state index contributed by atoms with van der Waals surface area (Å²) < 4.78 is 16.9. The van der Waals surface area contributed by atoms with Crippen LogP contribution in [0.25, 0.3) is 0 Å². The SMILES string of the molecule is O=C(NC1CCCCC1)[C@H]1[C@H](c2cccc(Cl)c2F)[C@]2(C(=O)Nc3cc(Cl)ccc32)C2(CCCCC2)N1[C@H](c1ccccc1)[C@@H](O)c1ccccc1. The first-order valence-corrected chi connectivity index (χ1v) is 19.5. The molecule has 3 fully saturated rings. The summed E-state index contributed by atoms with van der Waals surface area (Å²) in [5, 5.41) is 19.7. The molecule has 2 amide bonds. The van der Waals surface area contributed by atoms with E-state index in [1.54, 1.807) is 24.3 Å². The molecule has 0 bridgehead atoms. The van der Waals surface area contributed by atoms with Gasteiger partial charge in [0.2, 0.25) is 11.8 Å². The zero-order valence-corrected chi connectivity index (χ0v) is 30.6. The predicted molar refractivity (Wildman–Crippen MR) is 203 cm³/mol. The second-order valence-corrected chi connectivity index (χ2v) is 15.9. The fourth-order valence-electron chi connectivity index (χ4n) is 10.4. The van der Waals surface area contributed by atoms with Crippen molar-refractivity contribution in [2.24, 2.45) is 0 Å². The van der Waals surface area contributed by atoms with Gasteiger partial charge in [-0.15, -0.1) is 0 Å². The molecule has 5 atom stereocenters. The topological polar surface area (TPSA) is 81.7 Å². The Kier molecular flexibility index (Phi) is 9.66. The highest BCUT2D eigenvalue weighted by Gasteiger charge is 2.76. The van der Waals surface area contributed by atoms with Crippen LogP contribution >= 0.6 is 23.2 Å². The Hall–Kier alpha value is -3.75. The van der Waals surface area contributed by atoms with E-state index >= 15 is 14.0 Å². The Balaban J connectivity index is 1.47. The summed E-state index contributed by atoms with van der Waals surface area (Å²) in [4.78, 5) is 33.1. The van der Waals surface area contributed by atoms with Crippen LogP contribution in [0, 0.1) is 5.82 Å². The van der Waals surface area contributed by atoms with Crippen LogP contribution < -0.4 is 10.6 Å². The number of fused-ring (bicyclic) bond motifs is 3. The van der Waals surface area contributed by atoms with Crippen LogP contribution in [0.15, 0.2) is 97.1 Å². The number of likely N-dealkylation sites (tertiary alicyclic amines) is 1. The molecule has 4 aromatic carbocycles. The molecule has 4 aliphatic rings. The van der Waals surface area contributed by atoms with Gasteiger partial charge in [-0.1, -0.05) is 141 Å². The maximum atomic E-state index is 16.9. The number of aliphatic hydroxyl groups is 1. The molecule has 0 radical (unpaired) electrons. The minimum Gasteiger partial charge on any atom is -0.386 e. The van der Waals surface area contributed by atoms with Gasteiger partial charge < -0.3 is 15.7 Å². The summed E-state index contributed by atoms with van der Waals surface area (Å²) in [6, 6.07) is 27.6. The van der Waals surface area contributed by atoms with Gasteiger partial charge in [0.05, 0.1) is 23.2 Å². The smallest absolute Gasteiger partial charge is 0.238 e. The molecule has 2 heterocycles. The average molecular weight is 741 g/mol. The molecule has 1 saturated heterocycles. The number of amides is 2. The van der Waals surface area contributed by atoms with Crippen molar-refractivity contribution < 1.29 is 19.1 Å². The third-order valence-electron chi connectivity index (χ3n) is 12.4. The molecule has 6 nitrogen and oxygen atoms in total. The summed E-state index contributed by atoms with van der Waals surface area (Å²) in [5.74, 6) is -2.22. The predicted octanol–water partition coefficient (Wildman–Crippen LogP) is 9.42. The van der Waals surface area contributed by atoms with Crippen molar-refractivity contribution in [1.29, 1.82) is 0 Å². The number of rotatable bonds is 7. The molecule has 8 rings (SSSR count). The van der Waals surface area contributed by atoms with E-state index in [2.05, 4.69) is 15.5 Å². The van der Waals surface area contributed by atoms with Crippen molar-refractivity contribution in [3.63, 3.8) is 0 Å². The summed E-state index contributed by atoms with van der Waals surface area (Å²) in [6.07, 6.45) is 7.38. The van der Waals surface area contributed by atoms with Gasteiger partial charge in [0.15, 0.2) is 0 Å². The normalized spacial score (nSPS) is 25.5. The van der Waals surface area contributed by atoms with Crippen molar-refractivity contribution in [3.8, 4) is 0 Å². The highest BCUT2D eigenvalue weighted by atomic mass is 35.5. The molecule has 2 aliphatic heterocycles. The van der Waals surface area contributed by atoms with E-state index in [0.717, 1.165) is 56.9 Å². The minimum atomic E-state index is -1.45. The number of nitrogens with zero attached hydrogens (tertiary/aromatic N) is 1. The Labute approximate surface area is 314 Å². The van der Waals surface area contributed by atoms with Crippen molar-refractivity contribution >= 4 is 40.7 Å². The lowest BCUT2D eigenvalue weighted by Gasteiger charge is -2.53. The molecule has 4 aromatic rings. The third kappa shape index (κ3) is 5.58. The Morgan fingerprint density at radius 3 is 2.19 bits per heavy atom.